The molecule has 2 heteroatoms. The second-order valence-corrected chi connectivity index (χ2v) is 9.19. The number of fused-ring (bicyclic) bond motifs is 5. The summed E-state index contributed by atoms with van der Waals surface area (Å²) in [6.07, 6.45) is 10.7. The third-order valence-corrected chi connectivity index (χ3v) is 8.51. The highest BCUT2D eigenvalue weighted by atomic mass is 16.3. The zero-order chi connectivity index (χ0) is 14.8. The Morgan fingerprint density at radius 3 is 2.38 bits per heavy atom. The summed E-state index contributed by atoms with van der Waals surface area (Å²) in [5.74, 6) is 2.26. The van der Waals surface area contributed by atoms with Crippen LogP contribution in [0.25, 0.3) is 0 Å². The lowest BCUT2D eigenvalue weighted by Gasteiger charge is -2.62. The molecule has 0 aromatic rings. The highest BCUT2D eigenvalue weighted by molar-refractivity contribution is 5.11. The third kappa shape index (κ3) is 1.84. The standard InChI is InChI=1S/C19H32O2/c1-18-8-4-3-6-12(18)10-15(20)17-13-7-5-9-19(13,2)16(21)11-14(17)18/h12-17,20-21H,3-11H2,1-2H3/t12-,13?,14?,15?,16?,17?,18?,19?/m1/s1. The van der Waals surface area contributed by atoms with E-state index in [2.05, 4.69) is 13.8 Å². The number of rotatable bonds is 0. The van der Waals surface area contributed by atoms with Crippen molar-refractivity contribution >= 4 is 0 Å². The second-order valence-electron chi connectivity index (χ2n) is 9.19. The van der Waals surface area contributed by atoms with Crippen LogP contribution in [0.4, 0.5) is 0 Å². The molecule has 0 aliphatic heterocycles. The van der Waals surface area contributed by atoms with Gasteiger partial charge < -0.3 is 10.2 Å². The Morgan fingerprint density at radius 2 is 1.57 bits per heavy atom. The minimum atomic E-state index is -0.143. The van der Waals surface area contributed by atoms with Gasteiger partial charge in [-0.1, -0.05) is 33.1 Å². The zero-order valence-electron chi connectivity index (χ0n) is 13.7. The molecule has 4 saturated carbocycles. The van der Waals surface area contributed by atoms with Gasteiger partial charge in [-0.15, -0.1) is 0 Å². The van der Waals surface area contributed by atoms with E-state index in [1.54, 1.807) is 0 Å². The van der Waals surface area contributed by atoms with Gasteiger partial charge in [-0.05, 0) is 73.0 Å². The van der Waals surface area contributed by atoms with E-state index in [0.717, 1.165) is 19.3 Å². The molecule has 2 N–H and O–H groups in total. The van der Waals surface area contributed by atoms with E-state index in [4.69, 9.17) is 0 Å². The molecule has 4 rings (SSSR count). The average molecular weight is 292 g/mol. The molecule has 4 fully saturated rings. The third-order valence-electron chi connectivity index (χ3n) is 8.51. The van der Waals surface area contributed by atoms with E-state index in [0.29, 0.717) is 29.1 Å². The lowest BCUT2D eigenvalue weighted by Crippen LogP contribution is -2.60. The van der Waals surface area contributed by atoms with E-state index < -0.39 is 0 Å². The zero-order valence-corrected chi connectivity index (χ0v) is 13.7. The van der Waals surface area contributed by atoms with Crippen LogP contribution in [0.3, 0.4) is 0 Å². The SMILES string of the molecule is CC12CCCC1C1C(O)C[C@H]3CCCCC3(C)C1CC2O. The molecule has 0 aromatic carbocycles. The Labute approximate surface area is 129 Å². The summed E-state index contributed by atoms with van der Waals surface area (Å²) in [4.78, 5) is 0. The van der Waals surface area contributed by atoms with Crippen molar-refractivity contribution in [3.8, 4) is 0 Å². The Morgan fingerprint density at radius 1 is 0.810 bits per heavy atom. The molecule has 0 bridgehead atoms. The Hall–Kier alpha value is -0.0800. The van der Waals surface area contributed by atoms with Gasteiger partial charge in [0.25, 0.3) is 0 Å². The van der Waals surface area contributed by atoms with Gasteiger partial charge in [0.1, 0.15) is 0 Å². The van der Waals surface area contributed by atoms with Gasteiger partial charge in [-0.3, -0.25) is 0 Å². The minimum absolute atomic E-state index is 0.0833. The second kappa shape index (κ2) is 4.71. The molecule has 21 heavy (non-hydrogen) atoms. The Kier molecular flexibility index (Phi) is 3.25. The maximum absolute atomic E-state index is 10.9. The lowest BCUT2D eigenvalue weighted by molar-refractivity contribution is -0.190. The molecule has 0 heterocycles. The fraction of sp³-hybridized carbons (Fsp3) is 1.00. The summed E-state index contributed by atoms with van der Waals surface area (Å²) >= 11 is 0. The highest BCUT2D eigenvalue weighted by Crippen LogP contribution is 2.66. The summed E-state index contributed by atoms with van der Waals surface area (Å²) in [6.45, 7) is 4.79. The molecular formula is C19H32O2. The van der Waals surface area contributed by atoms with Crippen molar-refractivity contribution in [2.75, 3.05) is 0 Å². The molecule has 120 valence electrons. The van der Waals surface area contributed by atoms with E-state index in [9.17, 15) is 10.2 Å². The smallest absolute Gasteiger partial charge is 0.0599 e. The number of aliphatic hydroxyl groups is 2. The van der Waals surface area contributed by atoms with E-state index in [1.165, 1.54) is 38.5 Å². The normalized spacial score (nSPS) is 60.0. The van der Waals surface area contributed by atoms with Crippen molar-refractivity contribution in [3.05, 3.63) is 0 Å². The minimum Gasteiger partial charge on any atom is -0.393 e. The van der Waals surface area contributed by atoms with Crippen molar-refractivity contribution in [1.29, 1.82) is 0 Å². The summed E-state index contributed by atoms with van der Waals surface area (Å²) in [7, 11) is 0. The van der Waals surface area contributed by atoms with Crippen LogP contribution in [0.1, 0.15) is 71.6 Å². The van der Waals surface area contributed by atoms with E-state index >= 15 is 0 Å². The van der Waals surface area contributed by atoms with Gasteiger partial charge in [0.2, 0.25) is 0 Å². The molecule has 0 aromatic heterocycles. The fourth-order valence-electron chi connectivity index (χ4n) is 7.21. The van der Waals surface area contributed by atoms with Gasteiger partial charge in [-0.25, -0.2) is 0 Å². The van der Waals surface area contributed by atoms with Crippen LogP contribution in [0, 0.1) is 34.5 Å². The predicted octanol–water partition coefficient (Wildman–Crippen LogP) is 3.75. The van der Waals surface area contributed by atoms with Crippen LogP contribution in [0.15, 0.2) is 0 Å². The molecule has 0 saturated heterocycles. The van der Waals surface area contributed by atoms with Crippen molar-refractivity contribution < 1.29 is 10.2 Å². The van der Waals surface area contributed by atoms with Crippen LogP contribution < -0.4 is 0 Å². The Bertz CT molecular complexity index is 422. The first-order valence-corrected chi connectivity index (χ1v) is 9.33. The number of hydrogen-bond donors (Lipinski definition) is 2. The molecule has 7 unspecified atom stereocenters. The molecule has 8 atom stereocenters. The Balaban J connectivity index is 1.72. The fourth-order valence-corrected chi connectivity index (χ4v) is 7.21. The summed E-state index contributed by atoms with van der Waals surface area (Å²) in [5.41, 5.74) is 0.465. The largest absolute Gasteiger partial charge is 0.393 e. The summed E-state index contributed by atoms with van der Waals surface area (Å²) in [6, 6.07) is 0. The molecule has 4 aliphatic rings. The average Bonchev–Trinajstić information content (AvgIpc) is 2.84. The van der Waals surface area contributed by atoms with E-state index in [1.807, 2.05) is 0 Å². The highest BCUT2D eigenvalue weighted by Gasteiger charge is 2.62. The first kappa shape index (κ1) is 14.5. The van der Waals surface area contributed by atoms with Crippen LogP contribution in [-0.4, -0.2) is 22.4 Å². The van der Waals surface area contributed by atoms with Gasteiger partial charge in [0.15, 0.2) is 0 Å². The van der Waals surface area contributed by atoms with E-state index in [-0.39, 0.29) is 17.6 Å². The first-order valence-electron chi connectivity index (χ1n) is 9.33. The first-order chi connectivity index (χ1) is 9.97. The monoisotopic (exact) mass is 292 g/mol. The maximum atomic E-state index is 10.9. The van der Waals surface area contributed by atoms with Gasteiger partial charge in [0, 0.05) is 0 Å². The molecule has 2 nitrogen and oxygen atoms in total. The predicted molar refractivity (Wildman–Crippen MR) is 83.7 cm³/mol. The van der Waals surface area contributed by atoms with Crippen molar-refractivity contribution in [2.45, 2.75) is 83.8 Å². The van der Waals surface area contributed by atoms with Gasteiger partial charge >= 0.3 is 0 Å². The van der Waals surface area contributed by atoms with Crippen LogP contribution in [0.5, 0.6) is 0 Å². The van der Waals surface area contributed by atoms with Crippen LogP contribution >= 0.6 is 0 Å². The van der Waals surface area contributed by atoms with Crippen molar-refractivity contribution in [2.24, 2.45) is 34.5 Å². The molecule has 4 aliphatic carbocycles. The summed E-state index contributed by atoms with van der Waals surface area (Å²) in [5, 5.41) is 21.8. The van der Waals surface area contributed by atoms with Crippen LogP contribution in [-0.2, 0) is 0 Å². The van der Waals surface area contributed by atoms with Gasteiger partial charge in [0.05, 0.1) is 12.2 Å². The van der Waals surface area contributed by atoms with Crippen molar-refractivity contribution in [3.63, 3.8) is 0 Å². The summed E-state index contributed by atoms with van der Waals surface area (Å²) < 4.78 is 0. The van der Waals surface area contributed by atoms with Crippen molar-refractivity contribution in [1.82, 2.24) is 0 Å². The van der Waals surface area contributed by atoms with Crippen LogP contribution in [0.2, 0.25) is 0 Å². The molecule has 0 amide bonds. The van der Waals surface area contributed by atoms with Gasteiger partial charge in [-0.2, -0.15) is 0 Å². The topological polar surface area (TPSA) is 40.5 Å². The molecular weight excluding hydrogens is 260 g/mol. The molecule has 0 radical (unpaired) electrons. The quantitative estimate of drug-likeness (QED) is 0.714. The number of aliphatic hydroxyl groups excluding tert-OH is 2. The lowest BCUT2D eigenvalue weighted by atomic mass is 9.44. The maximum Gasteiger partial charge on any atom is 0.0599 e. The molecule has 0 spiro atoms. The number of hydrogen-bond acceptors (Lipinski definition) is 2.